The first-order chi connectivity index (χ1) is 9.20. The molecule has 1 amide bonds. The van der Waals surface area contributed by atoms with Crippen molar-refractivity contribution in [2.24, 2.45) is 5.92 Å². The second-order valence-electron chi connectivity index (χ2n) is 5.92. The van der Waals surface area contributed by atoms with Gasteiger partial charge in [-0.3, -0.25) is 9.78 Å². The lowest BCUT2D eigenvalue weighted by Gasteiger charge is -2.28. The molecule has 3 rings (SSSR count). The zero-order valence-corrected chi connectivity index (χ0v) is 13.8. The van der Waals surface area contributed by atoms with Crippen molar-refractivity contribution in [3.8, 4) is 0 Å². The van der Waals surface area contributed by atoms with E-state index >= 15 is 0 Å². The molecular weight excluding hydrogens is 309 g/mol. The molecule has 4 nitrogen and oxygen atoms in total. The molecule has 21 heavy (non-hydrogen) atoms. The maximum Gasteiger partial charge on any atom is 0.224 e. The summed E-state index contributed by atoms with van der Waals surface area (Å²) in [6.07, 6.45) is 9.02. The third-order valence-corrected chi connectivity index (χ3v) is 4.34. The Hall–Kier alpha value is -0.840. The van der Waals surface area contributed by atoms with Gasteiger partial charge in [0.25, 0.3) is 0 Å². The highest BCUT2D eigenvalue weighted by molar-refractivity contribution is 5.91. The van der Waals surface area contributed by atoms with Gasteiger partial charge in [-0.1, -0.05) is 0 Å². The Balaban J connectivity index is 0.00000110. The molecular formula is C15H23Cl2N3O. The number of hydrogen-bond acceptors (Lipinski definition) is 3. The summed E-state index contributed by atoms with van der Waals surface area (Å²) in [5.41, 5.74) is 1.90. The van der Waals surface area contributed by atoms with Crippen molar-refractivity contribution in [3.05, 3.63) is 24.0 Å². The standard InChI is InChI=1S/C15H21N3O.2ClH/c1-10-9-16-5-4-14(10)18-15(19)8-11-6-12-2-3-13(7-11)17-12;;/h4-5,9,11-13,17H,2-3,6-8H2,1H3,(H,16,18,19);2*1H. The smallest absolute Gasteiger partial charge is 0.224 e. The molecule has 2 aliphatic rings. The molecule has 2 saturated heterocycles. The second-order valence-corrected chi connectivity index (χ2v) is 5.92. The van der Waals surface area contributed by atoms with Crippen LogP contribution in [-0.2, 0) is 4.79 Å². The fraction of sp³-hybridized carbons (Fsp3) is 0.600. The molecule has 0 saturated carbocycles. The highest BCUT2D eigenvalue weighted by Crippen LogP contribution is 2.32. The van der Waals surface area contributed by atoms with Gasteiger partial charge in [-0.2, -0.15) is 0 Å². The third-order valence-electron chi connectivity index (χ3n) is 4.34. The molecule has 2 fully saturated rings. The summed E-state index contributed by atoms with van der Waals surface area (Å²) in [5, 5.41) is 6.62. The van der Waals surface area contributed by atoms with Crippen LogP contribution < -0.4 is 10.6 Å². The van der Waals surface area contributed by atoms with E-state index in [0.29, 0.717) is 24.4 Å². The summed E-state index contributed by atoms with van der Waals surface area (Å²) in [4.78, 5) is 16.2. The molecule has 2 bridgehead atoms. The highest BCUT2D eigenvalue weighted by Gasteiger charge is 2.34. The number of aryl methyl sites for hydroxylation is 1. The number of rotatable bonds is 3. The number of fused-ring (bicyclic) bond motifs is 2. The number of piperidine rings is 1. The lowest BCUT2D eigenvalue weighted by atomic mass is 9.89. The van der Waals surface area contributed by atoms with Crippen LogP contribution in [0.15, 0.2) is 18.5 Å². The monoisotopic (exact) mass is 331 g/mol. The Morgan fingerprint density at radius 2 is 2.00 bits per heavy atom. The van der Waals surface area contributed by atoms with Crippen LogP contribution in [0.25, 0.3) is 0 Å². The predicted molar refractivity (Wildman–Crippen MR) is 89.4 cm³/mol. The average Bonchev–Trinajstić information content (AvgIpc) is 2.72. The molecule has 2 N–H and O–H groups in total. The number of anilines is 1. The quantitative estimate of drug-likeness (QED) is 0.894. The Morgan fingerprint density at radius 1 is 1.33 bits per heavy atom. The van der Waals surface area contributed by atoms with E-state index in [1.807, 2.05) is 13.0 Å². The number of amides is 1. The van der Waals surface area contributed by atoms with Gasteiger partial charge in [-0.05, 0) is 50.2 Å². The third kappa shape index (κ3) is 4.56. The number of aromatic nitrogens is 1. The van der Waals surface area contributed by atoms with E-state index in [2.05, 4.69) is 15.6 Å². The molecule has 2 unspecified atom stereocenters. The van der Waals surface area contributed by atoms with Gasteiger partial charge >= 0.3 is 0 Å². The van der Waals surface area contributed by atoms with E-state index < -0.39 is 0 Å². The average molecular weight is 332 g/mol. The van der Waals surface area contributed by atoms with Gasteiger partial charge in [0.1, 0.15) is 0 Å². The van der Waals surface area contributed by atoms with Crippen molar-refractivity contribution in [2.45, 2.75) is 51.1 Å². The number of carbonyl (C=O) groups excluding carboxylic acids is 1. The van der Waals surface area contributed by atoms with E-state index in [1.54, 1.807) is 12.4 Å². The van der Waals surface area contributed by atoms with Crippen molar-refractivity contribution in [1.82, 2.24) is 10.3 Å². The highest BCUT2D eigenvalue weighted by atomic mass is 35.5. The summed E-state index contributed by atoms with van der Waals surface area (Å²) in [5.74, 6) is 0.682. The predicted octanol–water partition coefficient (Wildman–Crippen LogP) is 3.09. The number of carbonyl (C=O) groups is 1. The van der Waals surface area contributed by atoms with E-state index in [-0.39, 0.29) is 30.7 Å². The Morgan fingerprint density at radius 3 is 2.62 bits per heavy atom. The molecule has 3 heterocycles. The maximum atomic E-state index is 12.1. The Kier molecular flexibility index (Phi) is 6.91. The van der Waals surface area contributed by atoms with Crippen molar-refractivity contribution in [3.63, 3.8) is 0 Å². The van der Waals surface area contributed by atoms with Gasteiger partial charge in [-0.15, -0.1) is 24.8 Å². The first-order valence-electron chi connectivity index (χ1n) is 7.17. The lowest BCUT2D eigenvalue weighted by molar-refractivity contribution is -0.117. The van der Waals surface area contributed by atoms with Crippen LogP contribution in [0.5, 0.6) is 0 Å². The number of hydrogen-bond donors (Lipinski definition) is 2. The van der Waals surface area contributed by atoms with E-state index in [9.17, 15) is 4.79 Å². The minimum atomic E-state index is 0. The minimum Gasteiger partial charge on any atom is -0.326 e. The van der Waals surface area contributed by atoms with Crippen molar-refractivity contribution < 1.29 is 4.79 Å². The normalized spacial score (nSPS) is 26.4. The van der Waals surface area contributed by atoms with Gasteiger partial charge < -0.3 is 10.6 Å². The minimum absolute atomic E-state index is 0. The Labute approximate surface area is 138 Å². The summed E-state index contributed by atoms with van der Waals surface area (Å²) in [6, 6.07) is 3.16. The largest absolute Gasteiger partial charge is 0.326 e. The molecule has 0 aliphatic carbocycles. The molecule has 1 aromatic heterocycles. The number of nitrogens with zero attached hydrogens (tertiary/aromatic N) is 1. The number of pyridine rings is 1. The molecule has 1 aromatic rings. The maximum absolute atomic E-state index is 12.1. The van der Waals surface area contributed by atoms with Crippen molar-refractivity contribution in [1.29, 1.82) is 0 Å². The number of nitrogens with one attached hydrogen (secondary N) is 2. The lowest BCUT2D eigenvalue weighted by Crippen LogP contribution is -2.39. The zero-order chi connectivity index (χ0) is 13.2. The first kappa shape index (κ1) is 18.2. The fourth-order valence-corrected chi connectivity index (χ4v) is 3.42. The van der Waals surface area contributed by atoms with Gasteiger partial charge in [0.2, 0.25) is 5.91 Å². The summed E-state index contributed by atoms with van der Waals surface area (Å²) >= 11 is 0. The Bertz CT molecular complexity index is 472. The van der Waals surface area contributed by atoms with Gasteiger partial charge in [0, 0.05) is 36.6 Å². The molecule has 0 spiro atoms. The molecule has 6 heteroatoms. The van der Waals surface area contributed by atoms with Crippen LogP contribution in [0.3, 0.4) is 0 Å². The van der Waals surface area contributed by atoms with Crippen LogP contribution >= 0.6 is 24.8 Å². The molecule has 2 aliphatic heterocycles. The van der Waals surface area contributed by atoms with Crippen LogP contribution in [0, 0.1) is 12.8 Å². The van der Waals surface area contributed by atoms with E-state index in [1.165, 1.54) is 12.8 Å². The van der Waals surface area contributed by atoms with Gasteiger partial charge in [0.05, 0.1) is 0 Å². The van der Waals surface area contributed by atoms with Crippen LogP contribution in [-0.4, -0.2) is 23.0 Å². The molecule has 118 valence electrons. The first-order valence-corrected chi connectivity index (χ1v) is 7.17. The second kappa shape index (κ2) is 7.97. The topological polar surface area (TPSA) is 54.0 Å². The van der Waals surface area contributed by atoms with E-state index in [4.69, 9.17) is 0 Å². The fourth-order valence-electron chi connectivity index (χ4n) is 3.42. The van der Waals surface area contributed by atoms with Crippen molar-refractivity contribution >= 4 is 36.4 Å². The summed E-state index contributed by atoms with van der Waals surface area (Å²) < 4.78 is 0. The van der Waals surface area contributed by atoms with E-state index in [0.717, 1.165) is 24.1 Å². The van der Waals surface area contributed by atoms with Crippen LogP contribution in [0.2, 0.25) is 0 Å². The van der Waals surface area contributed by atoms with Crippen LogP contribution in [0.4, 0.5) is 5.69 Å². The van der Waals surface area contributed by atoms with Crippen LogP contribution in [0.1, 0.15) is 37.7 Å². The zero-order valence-electron chi connectivity index (χ0n) is 12.2. The van der Waals surface area contributed by atoms with Crippen molar-refractivity contribution in [2.75, 3.05) is 5.32 Å². The van der Waals surface area contributed by atoms with Gasteiger partial charge in [-0.25, -0.2) is 0 Å². The molecule has 0 radical (unpaired) electrons. The summed E-state index contributed by atoms with van der Waals surface area (Å²) in [6.45, 7) is 1.97. The molecule has 2 atom stereocenters. The molecule has 0 aromatic carbocycles. The van der Waals surface area contributed by atoms with Gasteiger partial charge in [0.15, 0.2) is 0 Å². The summed E-state index contributed by atoms with van der Waals surface area (Å²) in [7, 11) is 0. The number of halogens is 2. The SMILES string of the molecule is Cc1cnccc1NC(=O)CC1CC2CCC(C1)N2.Cl.Cl.